The number of aliphatic imine (C=N–C) groups is 2. The zero-order chi connectivity index (χ0) is 17.2. The van der Waals surface area contributed by atoms with Gasteiger partial charge in [0.05, 0.1) is 0 Å². The largest absolute Gasteiger partial charge is 0.293 e. The number of nitrogens with one attached hydrogen (secondary N) is 1. The van der Waals surface area contributed by atoms with Gasteiger partial charge in [0.1, 0.15) is 5.84 Å². The van der Waals surface area contributed by atoms with Crippen molar-refractivity contribution in [1.29, 1.82) is 0 Å². The van der Waals surface area contributed by atoms with Crippen molar-refractivity contribution >= 4 is 24.2 Å². The number of allylic oxidation sites excluding steroid dienone is 1. The van der Waals surface area contributed by atoms with Crippen molar-refractivity contribution in [2.75, 3.05) is 6.54 Å². The van der Waals surface area contributed by atoms with E-state index in [1.807, 2.05) is 79.0 Å². The summed E-state index contributed by atoms with van der Waals surface area (Å²) < 4.78 is 0. The van der Waals surface area contributed by atoms with Crippen molar-refractivity contribution in [3.8, 4) is 0 Å². The van der Waals surface area contributed by atoms with Crippen LogP contribution in [0.5, 0.6) is 0 Å². The Balaban J connectivity index is 1.41. The van der Waals surface area contributed by atoms with Gasteiger partial charge in [-0.2, -0.15) is 0 Å². The van der Waals surface area contributed by atoms with Crippen LogP contribution < -0.4 is 5.48 Å². The van der Waals surface area contributed by atoms with Crippen LogP contribution in [0.15, 0.2) is 82.8 Å². The van der Waals surface area contributed by atoms with Gasteiger partial charge in [-0.15, -0.1) is 0 Å². The molecule has 0 aromatic heterocycles. The molecule has 0 saturated carbocycles. The average Bonchev–Trinajstić information content (AvgIpc) is 3.12. The van der Waals surface area contributed by atoms with Gasteiger partial charge in [0.15, 0.2) is 6.23 Å². The molecule has 0 amide bonds. The van der Waals surface area contributed by atoms with E-state index in [1.165, 1.54) is 0 Å². The van der Waals surface area contributed by atoms with E-state index in [-0.39, 0.29) is 6.23 Å². The quantitative estimate of drug-likeness (QED) is 0.775. The lowest BCUT2D eigenvalue weighted by molar-refractivity contribution is 0.0675. The summed E-state index contributed by atoms with van der Waals surface area (Å²) in [5, 5.41) is 0. The highest BCUT2D eigenvalue weighted by Gasteiger charge is 2.13. The van der Waals surface area contributed by atoms with E-state index in [4.69, 9.17) is 4.84 Å². The highest BCUT2D eigenvalue weighted by atomic mass is 16.7. The molecule has 2 aromatic carbocycles. The highest BCUT2D eigenvalue weighted by Crippen LogP contribution is 2.08. The number of rotatable bonds is 7. The smallest absolute Gasteiger partial charge is 0.195 e. The molecule has 1 heterocycles. The normalized spacial score (nSPS) is 17.4. The first kappa shape index (κ1) is 16.9. The molecule has 126 valence electrons. The minimum absolute atomic E-state index is 0.280. The molecule has 0 aliphatic carbocycles. The predicted octanol–water partition coefficient (Wildman–Crippen LogP) is 4.13. The molecule has 1 N–H and O–H groups in total. The minimum atomic E-state index is -0.280. The molecule has 25 heavy (non-hydrogen) atoms. The Bertz CT molecular complexity index is 764. The van der Waals surface area contributed by atoms with Gasteiger partial charge in [-0.25, -0.2) is 9.83 Å². The Kier molecular flexibility index (Phi) is 6.31. The summed E-state index contributed by atoms with van der Waals surface area (Å²) in [6.45, 7) is 0.670. The van der Waals surface area contributed by atoms with Gasteiger partial charge in [-0.05, 0) is 23.3 Å². The van der Waals surface area contributed by atoms with E-state index >= 15 is 0 Å². The summed E-state index contributed by atoms with van der Waals surface area (Å²) in [5.74, 6) is 0.826. The molecule has 2 aromatic rings. The van der Waals surface area contributed by atoms with Crippen LogP contribution in [0.1, 0.15) is 17.5 Å². The maximum atomic E-state index is 5.42. The zero-order valence-corrected chi connectivity index (χ0v) is 14.0. The molecule has 4 nitrogen and oxygen atoms in total. The van der Waals surface area contributed by atoms with Crippen LogP contribution >= 0.6 is 0 Å². The first-order valence-electron chi connectivity index (χ1n) is 8.33. The third-order valence-electron chi connectivity index (χ3n) is 3.59. The minimum Gasteiger partial charge on any atom is -0.293 e. The average molecular weight is 331 g/mol. The number of amidine groups is 1. The van der Waals surface area contributed by atoms with Crippen LogP contribution in [0.25, 0.3) is 12.2 Å². The molecule has 1 unspecified atom stereocenters. The molecule has 1 aliphatic heterocycles. The molecule has 0 fully saturated rings. The van der Waals surface area contributed by atoms with Crippen LogP contribution in [-0.2, 0) is 4.84 Å². The first-order chi connectivity index (χ1) is 12.4. The second kappa shape index (κ2) is 9.35. The maximum absolute atomic E-state index is 5.42. The van der Waals surface area contributed by atoms with Crippen LogP contribution in [0.3, 0.4) is 0 Å². The Morgan fingerprint density at radius 1 is 0.960 bits per heavy atom. The molecular formula is C21H21N3O. The summed E-state index contributed by atoms with van der Waals surface area (Å²) >= 11 is 0. The molecule has 0 radical (unpaired) electrons. The molecule has 1 atom stereocenters. The second-order valence-corrected chi connectivity index (χ2v) is 5.53. The van der Waals surface area contributed by atoms with Gasteiger partial charge in [0.25, 0.3) is 0 Å². The molecule has 1 aliphatic rings. The SMILES string of the molecule is C(/C=C/c1ccccc1)=NCCC1=NC(/C=C/c2ccccc2)ON1. The topological polar surface area (TPSA) is 46.0 Å². The summed E-state index contributed by atoms with van der Waals surface area (Å²) in [7, 11) is 0. The predicted molar refractivity (Wildman–Crippen MR) is 104 cm³/mol. The van der Waals surface area contributed by atoms with Crippen LogP contribution in [0.4, 0.5) is 0 Å². The number of benzene rings is 2. The highest BCUT2D eigenvalue weighted by molar-refractivity contribution is 5.83. The molecular weight excluding hydrogens is 310 g/mol. The van der Waals surface area contributed by atoms with Crippen LogP contribution in [-0.4, -0.2) is 24.8 Å². The molecule has 3 rings (SSSR count). The van der Waals surface area contributed by atoms with Crippen molar-refractivity contribution < 1.29 is 4.84 Å². The summed E-state index contributed by atoms with van der Waals surface area (Å²) in [5.41, 5.74) is 5.16. The lowest BCUT2D eigenvalue weighted by Gasteiger charge is -1.99. The van der Waals surface area contributed by atoms with E-state index in [0.717, 1.165) is 23.4 Å². The van der Waals surface area contributed by atoms with Gasteiger partial charge < -0.3 is 0 Å². The second-order valence-electron chi connectivity index (χ2n) is 5.53. The van der Waals surface area contributed by atoms with Crippen molar-refractivity contribution in [2.45, 2.75) is 12.6 Å². The molecule has 4 heteroatoms. The van der Waals surface area contributed by atoms with Crippen molar-refractivity contribution in [2.24, 2.45) is 9.98 Å². The lowest BCUT2D eigenvalue weighted by Crippen LogP contribution is -2.18. The van der Waals surface area contributed by atoms with E-state index in [9.17, 15) is 0 Å². The number of nitrogens with zero attached hydrogens (tertiary/aromatic N) is 2. The third-order valence-corrected chi connectivity index (χ3v) is 3.59. The molecule has 0 bridgehead atoms. The van der Waals surface area contributed by atoms with Crippen LogP contribution in [0, 0.1) is 0 Å². The van der Waals surface area contributed by atoms with E-state index < -0.39 is 0 Å². The summed E-state index contributed by atoms with van der Waals surface area (Å²) in [4.78, 5) is 14.3. The van der Waals surface area contributed by atoms with Gasteiger partial charge >= 0.3 is 0 Å². The number of hydroxylamine groups is 1. The monoisotopic (exact) mass is 331 g/mol. The van der Waals surface area contributed by atoms with E-state index in [1.54, 1.807) is 0 Å². The Morgan fingerprint density at radius 3 is 2.36 bits per heavy atom. The molecule has 0 spiro atoms. The number of hydrogen-bond donors (Lipinski definition) is 1. The van der Waals surface area contributed by atoms with Crippen molar-refractivity contribution in [3.05, 3.63) is 83.9 Å². The fourth-order valence-electron chi connectivity index (χ4n) is 2.31. The first-order valence-corrected chi connectivity index (χ1v) is 8.33. The van der Waals surface area contributed by atoms with E-state index in [2.05, 4.69) is 27.6 Å². The third kappa shape index (κ3) is 5.86. The Morgan fingerprint density at radius 2 is 1.64 bits per heavy atom. The lowest BCUT2D eigenvalue weighted by atomic mass is 10.2. The fourth-order valence-corrected chi connectivity index (χ4v) is 2.31. The maximum Gasteiger partial charge on any atom is 0.195 e. The summed E-state index contributed by atoms with van der Waals surface area (Å²) in [6.07, 6.45) is 10.2. The summed E-state index contributed by atoms with van der Waals surface area (Å²) in [6, 6.07) is 20.2. The van der Waals surface area contributed by atoms with Gasteiger partial charge in [0, 0.05) is 19.2 Å². The zero-order valence-electron chi connectivity index (χ0n) is 14.0. The number of hydrogen-bond acceptors (Lipinski definition) is 4. The Hall–Kier alpha value is -2.98. The molecule has 0 saturated heterocycles. The van der Waals surface area contributed by atoms with Crippen molar-refractivity contribution in [3.63, 3.8) is 0 Å². The Labute approximate surface area is 148 Å². The van der Waals surface area contributed by atoms with Gasteiger partial charge in [0.2, 0.25) is 0 Å². The van der Waals surface area contributed by atoms with Gasteiger partial charge in [-0.1, -0.05) is 72.8 Å². The van der Waals surface area contributed by atoms with Crippen LogP contribution in [0.2, 0.25) is 0 Å². The fraction of sp³-hybridized carbons (Fsp3) is 0.143. The standard InChI is InChI=1S/C21H21N3O/c1-3-8-18(9-4-1)12-7-16-22-17-15-20-23-21(25-24-20)14-13-19-10-5-2-6-11-19/h1-14,16,21H,15,17H2,(H,23,24)/b12-7+,14-13+,22-16?. The van der Waals surface area contributed by atoms with Crippen molar-refractivity contribution in [1.82, 2.24) is 5.48 Å². The van der Waals surface area contributed by atoms with E-state index in [0.29, 0.717) is 6.54 Å². The van der Waals surface area contributed by atoms with Gasteiger partial charge in [-0.3, -0.25) is 10.5 Å².